The molecule has 1 saturated heterocycles. The molecule has 1 aliphatic carbocycles. The fourth-order valence-electron chi connectivity index (χ4n) is 3.52. The van der Waals surface area contributed by atoms with Crippen molar-refractivity contribution < 1.29 is 14.0 Å². The van der Waals surface area contributed by atoms with E-state index in [9.17, 15) is 14.9 Å². The van der Waals surface area contributed by atoms with Crippen LogP contribution in [0, 0.1) is 17.2 Å². The Kier molecular flexibility index (Phi) is 4.06. The van der Waals surface area contributed by atoms with E-state index >= 15 is 0 Å². The molecule has 1 fully saturated rings. The summed E-state index contributed by atoms with van der Waals surface area (Å²) in [5.74, 6) is 0.0688. The van der Waals surface area contributed by atoms with Crippen LogP contribution in [0.25, 0.3) is 0 Å². The third-order valence-electron chi connectivity index (χ3n) is 4.78. The largest absolute Gasteiger partial charge is 0.467 e. The summed E-state index contributed by atoms with van der Waals surface area (Å²) in [6.45, 7) is 0.755. The first-order valence-corrected chi connectivity index (χ1v) is 9.13. The van der Waals surface area contributed by atoms with Gasteiger partial charge in [0.25, 0.3) is 0 Å². The van der Waals surface area contributed by atoms with Crippen LogP contribution in [0.15, 0.2) is 22.8 Å². The van der Waals surface area contributed by atoms with E-state index in [0.717, 1.165) is 24.8 Å². The first-order valence-electron chi connectivity index (χ1n) is 8.31. The lowest BCUT2D eigenvalue weighted by Gasteiger charge is -2.14. The third-order valence-corrected chi connectivity index (χ3v) is 5.99. The number of carbonyl (C=O) groups is 2. The number of rotatable bonds is 4. The van der Waals surface area contributed by atoms with Crippen LogP contribution in [0.2, 0.25) is 0 Å². The van der Waals surface area contributed by atoms with Crippen molar-refractivity contribution in [3.05, 3.63) is 40.2 Å². The molecule has 1 atom stereocenters. The van der Waals surface area contributed by atoms with Crippen molar-refractivity contribution >= 4 is 28.2 Å². The zero-order chi connectivity index (χ0) is 17.4. The summed E-state index contributed by atoms with van der Waals surface area (Å²) >= 11 is 1.50. The summed E-state index contributed by atoms with van der Waals surface area (Å²) in [7, 11) is 0. The molecule has 0 saturated carbocycles. The predicted octanol–water partition coefficient (Wildman–Crippen LogP) is 2.69. The maximum Gasteiger partial charge on any atom is 0.230 e. The third kappa shape index (κ3) is 2.94. The highest BCUT2D eigenvalue weighted by Gasteiger charge is 2.35. The van der Waals surface area contributed by atoms with E-state index in [-0.39, 0.29) is 18.2 Å². The van der Waals surface area contributed by atoms with Crippen molar-refractivity contribution in [3.8, 4) is 6.07 Å². The Morgan fingerprint density at radius 3 is 3.12 bits per heavy atom. The summed E-state index contributed by atoms with van der Waals surface area (Å²) in [6, 6.07) is 5.81. The lowest BCUT2D eigenvalue weighted by molar-refractivity contribution is -0.128. The van der Waals surface area contributed by atoms with E-state index in [0.29, 0.717) is 29.4 Å². The monoisotopic (exact) mass is 355 g/mol. The van der Waals surface area contributed by atoms with Crippen LogP contribution in [0.3, 0.4) is 0 Å². The quantitative estimate of drug-likeness (QED) is 0.913. The molecule has 1 unspecified atom stereocenters. The van der Waals surface area contributed by atoms with Gasteiger partial charge in [0.2, 0.25) is 11.8 Å². The van der Waals surface area contributed by atoms with Crippen LogP contribution in [-0.2, 0) is 29.0 Å². The molecule has 3 heterocycles. The van der Waals surface area contributed by atoms with Gasteiger partial charge in [-0.1, -0.05) is 0 Å². The molecule has 4 rings (SSSR count). The second-order valence-corrected chi connectivity index (χ2v) is 7.52. The molecule has 0 radical (unpaired) electrons. The average Bonchev–Trinajstić information content (AvgIpc) is 3.33. The van der Waals surface area contributed by atoms with Gasteiger partial charge in [0, 0.05) is 17.8 Å². The summed E-state index contributed by atoms with van der Waals surface area (Å²) in [4.78, 5) is 27.6. The predicted molar refractivity (Wildman–Crippen MR) is 91.9 cm³/mol. The molecule has 0 spiro atoms. The fourth-order valence-corrected chi connectivity index (χ4v) is 4.76. The smallest absolute Gasteiger partial charge is 0.230 e. The molecule has 2 amide bonds. The molecule has 0 aromatic carbocycles. The number of hydrogen-bond donors (Lipinski definition) is 1. The molecule has 25 heavy (non-hydrogen) atoms. The molecular formula is C18H17N3O3S. The Balaban J connectivity index is 1.44. The average molecular weight is 355 g/mol. The number of anilines is 1. The van der Waals surface area contributed by atoms with Gasteiger partial charge in [0.15, 0.2) is 0 Å². The molecule has 1 aliphatic heterocycles. The minimum Gasteiger partial charge on any atom is -0.467 e. The highest BCUT2D eigenvalue weighted by molar-refractivity contribution is 7.16. The topological polar surface area (TPSA) is 86.3 Å². The van der Waals surface area contributed by atoms with Crippen LogP contribution < -0.4 is 5.32 Å². The number of nitriles is 1. The Morgan fingerprint density at radius 2 is 2.36 bits per heavy atom. The van der Waals surface area contributed by atoms with Crippen LogP contribution in [0.4, 0.5) is 5.00 Å². The van der Waals surface area contributed by atoms with Crippen molar-refractivity contribution in [2.24, 2.45) is 5.92 Å². The van der Waals surface area contributed by atoms with Gasteiger partial charge < -0.3 is 14.6 Å². The van der Waals surface area contributed by atoms with E-state index in [1.54, 1.807) is 17.2 Å². The SMILES string of the molecule is N#Cc1c(NC(=O)C2CC(=O)N(Cc3ccco3)C2)sc2c1CCC2. The lowest BCUT2D eigenvalue weighted by atomic mass is 10.1. The van der Waals surface area contributed by atoms with Crippen LogP contribution in [0.5, 0.6) is 0 Å². The van der Waals surface area contributed by atoms with E-state index in [1.165, 1.54) is 16.2 Å². The number of nitrogens with zero attached hydrogens (tertiary/aromatic N) is 2. The standard InChI is InChI=1S/C18H17N3O3S/c19-8-14-13-4-1-5-15(13)25-18(14)20-17(23)11-7-16(22)21(9-11)10-12-3-2-6-24-12/h2-3,6,11H,1,4-5,7,9-10H2,(H,20,23). The van der Waals surface area contributed by atoms with E-state index in [4.69, 9.17) is 4.42 Å². The van der Waals surface area contributed by atoms with E-state index < -0.39 is 5.92 Å². The van der Waals surface area contributed by atoms with Gasteiger partial charge in [-0.2, -0.15) is 5.26 Å². The first kappa shape index (κ1) is 15.9. The van der Waals surface area contributed by atoms with E-state index in [1.807, 2.05) is 6.07 Å². The maximum absolute atomic E-state index is 12.6. The number of amides is 2. The maximum atomic E-state index is 12.6. The minimum absolute atomic E-state index is 0.0502. The summed E-state index contributed by atoms with van der Waals surface area (Å²) in [5.41, 5.74) is 1.69. The number of hydrogen-bond acceptors (Lipinski definition) is 5. The molecule has 128 valence electrons. The summed E-state index contributed by atoms with van der Waals surface area (Å²) in [6.07, 6.45) is 4.72. The number of furan rings is 1. The fraction of sp³-hybridized carbons (Fsp3) is 0.389. The van der Waals surface area contributed by atoms with Gasteiger partial charge in [-0.3, -0.25) is 9.59 Å². The first-order chi connectivity index (χ1) is 12.2. The number of nitrogens with one attached hydrogen (secondary N) is 1. The van der Waals surface area contributed by atoms with Crippen molar-refractivity contribution in [3.63, 3.8) is 0 Å². The second kappa shape index (κ2) is 6.37. The molecular weight excluding hydrogens is 338 g/mol. The second-order valence-electron chi connectivity index (χ2n) is 6.42. The normalized spacial score (nSPS) is 19.1. The van der Waals surface area contributed by atoms with Crippen molar-refractivity contribution in [1.82, 2.24) is 4.90 Å². The lowest BCUT2D eigenvalue weighted by Crippen LogP contribution is -2.27. The Morgan fingerprint density at radius 1 is 1.48 bits per heavy atom. The number of likely N-dealkylation sites (tertiary alicyclic amines) is 1. The minimum atomic E-state index is -0.397. The van der Waals surface area contributed by atoms with Crippen LogP contribution >= 0.6 is 11.3 Å². The Hall–Kier alpha value is -2.59. The molecule has 2 aromatic rings. The van der Waals surface area contributed by atoms with Crippen molar-refractivity contribution in [1.29, 1.82) is 5.26 Å². The Labute approximate surface area is 149 Å². The molecule has 6 nitrogen and oxygen atoms in total. The highest BCUT2D eigenvalue weighted by Crippen LogP contribution is 2.39. The number of thiophene rings is 1. The van der Waals surface area contributed by atoms with Gasteiger partial charge in [-0.15, -0.1) is 11.3 Å². The van der Waals surface area contributed by atoms with Gasteiger partial charge in [0.1, 0.15) is 16.8 Å². The molecule has 0 bridgehead atoms. The van der Waals surface area contributed by atoms with Crippen molar-refractivity contribution in [2.75, 3.05) is 11.9 Å². The number of aryl methyl sites for hydroxylation is 1. The molecule has 2 aliphatic rings. The van der Waals surface area contributed by atoms with Crippen molar-refractivity contribution in [2.45, 2.75) is 32.2 Å². The van der Waals surface area contributed by atoms with Gasteiger partial charge in [0.05, 0.1) is 24.3 Å². The van der Waals surface area contributed by atoms with Gasteiger partial charge in [-0.25, -0.2) is 0 Å². The van der Waals surface area contributed by atoms with Gasteiger partial charge >= 0.3 is 0 Å². The molecule has 1 N–H and O–H groups in total. The molecule has 7 heteroatoms. The van der Waals surface area contributed by atoms with Crippen LogP contribution in [0.1, 0.15) is 34.6 Å². The van der Waals surface area contributed by atoms with Gasteiger partial charge in [-0.05, 0) is 37.0 Å². The van der Waals surface area contributed by atoms with Crippen LogP contribution in [-0.4, -0.2) is 23.3 Å². The van der Waals surface area contributed by atoms with E-state index in [2.05, 4.69) is 11.4 Å². The number of fused-ring (bicyclic) bond motifs is 1. The molecule has 2 aromatic heterocycles. The Bertz CT molecular complexity index is 863. The zero-order valence-electron chi connectivity index (χ0n) is 13.6. The number of carbonyl (C=O) groups excluding carboxylic acids is 2. The summed E-state index contributed by atoms with van der Waals surface area (Å²) in [5, 5.41) is 12.9. The zero-order valence-corrected chi connectivity index (χ0v) is 14.4. The highest BCUT2D eigenvalue weighted by atomic mass is 32.1. The summed E-state index contributed by atoms with van der Waals surface area (Å²) < 4.78 is 5.27.